The first-order valence-electron chi connectivity index (χ1n) is 9.73. The topological polar surface area (TPSA) is 70.2 Å². The van der Waals surface area contributed by atoms with Crippen LogP contribution in [0.15, 0.2) is 36.4 Å². The van der Waals surface area contributed by atoms with E-state index in [-0.39, 0.29) is 23.6 Å². The van der Waals surface area contributed by atoms with Crippen molar-refractivity contribution in [1.82, 2.24) is 10.6 Å². The van der Waals surface area contributed by atoms with Crippen molar-refractivity contribution in [3.63, 3.8) is 0 Å². The number of anilines is 1. The summed E-state index contributed by atoms with van der Waals surface area (Å²) in [6, 6.07) is 9.97. The molecule has 0 saturated carbocycles. The summed E-state index contributed by atoms with van der Waals surface area (Å²) in [5.41, 5.74) is 2.54. The molecule has 3 atom stereocenters. The first kappa shape index (κ1) is 21.3. The summed E-state index contributed by atoms with van der Waals surface area (Å²) in [6.45, 7) is 4.70. The van der Waals surface area contributed by atoms with E-state index in [1.54, 1.807) is 19.1 Å². The van der Waals surface area contributed by atoms with E-state index in [4.69, 9.17) is 11.6 Å². The predicted octanol–water partition coefficient (Wildman–Crippen LogP) is 3.72. The smallest absolute Gasteiger partial charge is 0.237 e. The molecule has 29 heavy (non-hydrogen) atoms. The molecular weight excluding hydrogens is 393 g/mol. The number of carbonyl (C=O) groups excluding carboxylic acids is 2. The van der Waals surface area contributed by atoms with Crippen LogP contribution in [0.5, 0.6) is 0 Å². The van der Waals surface area contributed by atoms with Crippen molar-refractivity contribution < 1.29 is 14.0 Å². The molecule has 3 N–H and O–H groups in total. The summed E-state index contributed by atoms with van der Waals surface area (Å²) in [4.78, 5) is 24.0. The number of nitrogens with one attached hydrogen (secondary N) is 3. The Kier molecular flexibility index (Phi) is 6.87. The molecule has 0 aliphatic carbocycles. The van der Waals surface area contributed by atoms with E-state index in [2.05, 4.69) is 16.0 Å². The van der Waals surface area contributed by atoms with Crippen LogP contribution in [0.1, 0.15) is 41.9 Å². The second-order valence-corrected chi connectivity index (χ2v) is 7.75. The van der Waals surface area contributed by atoms with Crippen LogP contribution in [0.2, 0.25) is 5.02 Å². The summed E-state index contributed by atoms with van der Waals surface area (Å²) in [6.07, 6.45) is 1.42. The maximum Gasteiger partial charge on any atom is 0.237 e. The highest BCUT2D eigenvalue weighted by Crippen LogP contribution is 2.43. The van der Waals surface area contributed by atoms with E-state index >= 15 is 0 Å². The molecule has 0 aromatic heterocycles. The standard InChI is InChI=1S/C22H25ClFN3O2/c1-3-7-25-22(29)21-20(14-5-4-6-15(23)9-14)17(11-26-21)16-10-18(24)13(2)8-19(16)27-12-28/h4-6,8-10,12,17,20-21,26H,3,7,11H2,1-2H3,(H,25,29)(H,27,28)/t17?,20-,21-/m1/s1. The van der Waals surface area contributed by atoms with Crippen molar-refractivity contribution in [2.75, 3.05) is 18.4 Å². The Balaban J connectivity index is 2.07. The van der Waals surface area contributed by atoms with Crippen molar-refractivity contribution in [3.8, 4) is 0 Å². The first-order chi connectivity index (χ1) is 14.0. The Morgan fingerprint density at radius 3 is 2.83 bits per heavy atom. The summed E-state index contributed by atoms with van der Waals surface area (Å²) < 4.78 is 14.4. The van der Waals surface area contributed by atoms with Crippen LogP contribution in [0.25, 0.3) is 0 Å². The van der Waals surface area contributed by atoms with Crippen LogP contribution >= 0.6 is 11.6 Å². The molecule has 2 aromatic carbocycles. The molecule has 1 unspecified atom stereocenters. The molecule has 2 aromatic rings. The Hall–Kier alpha value is -2.44. The molecule has 0 spiro atoms. The lowest BCUT2D eigenvalue weighted by molar-refractivity contribution is -0.123. The van der Waals surface area contributed by atoms with Crippen LogP contribution in [-0.2, 0) is 9.59 Å². The molecule has 2 amide bonds. The highest BCUT2D eigenvalue weighted by Gasteiger charge is 2.42. The minimum Gasteiger partial charge on any atom is -0.355 e. The average molecular weight is 418 g/mol. The zero-order valence-corrected chi connectivity index (χ0v) is 17.2. The fraction of sp³-hybridized carbons (Fsp3) is 0.364. The van der Waals surface area contributed by atoms with Crippen LogP contribution in [0.4, 0.5) is 10.1 Å². The van der Waals surface area contributed by atoms with Crippen LogP contribution in [0.3, 0.4) is 0 Å². The van der Waals surface area contributed by atoms with Crippen molar-refractivity contribution in [1.29, 1.82) is 0 Å². The van der Waals surface area contributed by atoms with Gasteiger partial charge < -0.3 is 16.0 Å². The van der Waals surface area contributed by atoms with Gasteiger partial charge in [-0.3, -0.25) is 9.59 Å². The van der Waals surface area contributed by atoms with Gasteiger partial charge in [0.1, 0.15) is 5.82 Å². The number of rotatable bonds is 7. The number of carbonyl (C=O) groups is 2. The molecule has 3 rings (SSSR count). The molecule has 5 nitrogen and oxygen atoms in total. The molecule has 1 heterocycles. The molecule has 154 valence electrons. The van der Waals surface area contributed by atoms with Gasteiger partial charge in [-0.05, 0) is 54.3 Å². The third kappa shape index (κ3) is 4.60. The summed E-state index contributed by atoms with van der Waals surface area (Å²) in [5, 5.41) is 9.48. The predicted molar refractivity (Wildman–Crippen MR) is 113 cm³/mol. The molecule has 1 aliphatic heterocycles. The van der Waals surface area contributed by atoms with E-state index in [1.807, 2.05) is 25.1 Å². The van der Waals surface area contributed by atoms with Gasteiger partial charge in [-0.25, -0.2) is 4.39 Å². The molecule has 0 radical (unpaired) electrons. The summed E-state index contributed by atoms with van der Waals surface area (Å²) in [5.74, 6) is -0.930. The Morgan fingerprint density at radius 1 is 1.34 bits per heavy atom. The van der Waals surface area contributed by atoms with Gasteiger partial charge in [0.2, 0.25) is 12.3 Å². The number of hydrogen-bond donors (Lipinski definition) is 3. The average Bonchev–Trinajstić information content (AvgIpc) is 3.14. The third-order valence-electron chi connectivity index (χ3n) is 5.36. The Bertz CT molecular complexity index is 906. The fourth-order valence-corrected chi connectivity index (χ4v) is 4.19. The second-order valence-electron chi connectivity index (χ2n) is 7.32. The second kappa shape index (κ2) is 9.37. The molecule has 1 aliphatic rings. The van der Waals surface area contributed by atoms with Gasteiger partial charge in [-0.15, -0.1) is 0 Å². The zero-order valence-electron chi connectivity index (χ0n) is 16.5. The lowest BCUT2D eigenvalue weighted by atomic mass is 9.79. The van der Waals surface area contributed by atoms with Gasteiger partial charge in [0, 0.05) is 35.6 Å². The zero-order chi connectivity index (χ0) is 21.0. The maximum atomic E-state index is 14.4. The molecule has 0 bridgehead atoms. The summed E-state index contributed by atoms with van der Waals surface area (Å²) in [7, 11) is 0. The van der Waals surface area contributed by atoms with Crippen molar-refractivity contribution in [2.24, 2.45) is 0 Å². The van der Waals surface area contributed by atoms with Crippen LogP contribution in [0, 0.1) is 12.7 Å². The van der Waals surface area contributed by atoms with Gasteiger partial charge in [0.15, 0.2) is 0 Å². The number of hydrogen-bond acceptors (Lipinski definition) is 3. The minimum atomic E-state index is -0.488. The maximum absolute atomic E-state index is 14.4. The lowest BCUT2D eigenvalue weighted by Gasteiger charge is -2.26. The first-order valence-corrected chi connectivity index (χ1v) is 10.1. The van der Waals surface area contributed by atoms with Crippen molar-refractivity contribution >= 4 is 29.6 Å². The Morgan fingerprint density at radius 2 is 2.14 bits per heavy atom. The van der Waals surface area contributed by atoms with Gasteiger partial charge in [0.05, 0.1) is 6.04 Å². The van der Waals surface area contributed by atoms with E-state index < -0.39 is 6.04 Å². The lowest BCUT2D eigenvalue weighted by Crippen LogP contribution is -2.43. The number of benzene rings is 2. The van der Waals surface area contributed by atoms with Gasteiger partial charge in [-0.2, -0.15) is 0 Å². The molecule has 7 heteroatoms. The number of halogens is 2. The quantitative estimate of drug-likeness (QED) is 0.601. The molecular formula is C22H25ClFN3O2. The fourth-order valence-electron chi connectivity index (χ4n) is 3.99. The van der Waals surface area contributed by atoms with E-state index in [0.29, 0.717) is 41.3 Å². The minimum absolute atomic E-state index is 0.100. The van der Waals surface area contributed by atoms with Crippen LogP contribution < -0.4 is 16.0 Å². The Labute approximate surface area is 175 Å². The van der Waals surface area contributed by atoms with Gasteiger partial charge in [0.25, 0.3) is 0 Å². The summed E-state index contributed by atoms with van der Waals surface area (Å²) >= 11 is 6.22. The highest BCUT2D eigenvalue weighted by molar-refractivity contribution is 6.30. The molecule has 1 fully saturated rings. The van der Waals surface area contributed by atoms with Crippen molar-refractivity contribution in [3.05, 3.63) is 63.9 Å². The monoisotopic (exact) mass is 417 g/mol. The van der Waals surface area contributed by atoms with E-state index in [9.17, 15) is 14.0 Å². The van der Waals surface area contributed by atoms with E-state index in [1.165, 1.54) is 6.07 Å². The van der Waals surface area contributed by atoms with Gasteiger partial charge >= 0.3 is 0 Å². The van der Waals surface area contributed by atoms with Gasteiger partial charge in [-0.1, -0.05) is 30.7 Å². The van der Waals surface area contributed by atoms with Crippen LogP contribution in [-0.4, -0.2) is 31.4 Å². The third-order valence-corrected chi connectivity index (χ3v) is 5.60. The largest absolute Gasteiger partial charge is 0.355 e. The molecule has 1 saturated heterocycles. The highest BCUT2D eigenvalue weighted by atomic mass is 35.5. The SMILES string of the molecule is CCCNC(=O)[C@@H]1NCC(c2cc(F)c(C)cc2NC=O)[C@H]1c1cccc(Cl)c1. The normalized spacial score (nSPS) is 21.0. The van der Waals surface area contributed by atoms with Crippen molar-refractivity contribution in [2.45, 2.75) is 38.1 Å². The number of aryl methyl sites for hydroxylation is 1. The number of amides is 2. The van der Waals surface area contributed by atoms with E-state index in [0.717, 1.165) is 12.0 Å².